The van der Waals surface area contributed by atoms with E-state index in [0.29, 0.717) is 22.4 Å². The van der Waals surface area contributed by atoms with Gasteiger partial charge in [-0.25, -0.2) is 0 Å². The summed E-state index contributed by atoms with van der Waals surface area (Å²) in [6, 6.07) is 3.63. The normalized spacial score (nSPS) is 16.4. The molecule has 4 rings (SSSR count). The van der Waals surface area contributed by atoms with Crippen LogP contribution in [0.3, 0.4) is 0 Å². The molecule has 1 aliphatic carbocycles. The lowest BCUT2D eigenvalue weighted by Gasteiger charge is -2.20. The molecule has 1 aromatic carbocycles. The van der Waals surface area contributed by atoms with Gasteiger partial charge >= 0.3 is 5.97 Å². The summed E-state index contributed by atoms with van der Waals surface area (Å²) < 4.78 is 17.9. The van der Waals surface area contributed by atoms with E-state index in [2.05, 4.69) is 15.3 Å². The number of methoxy groups -OCH3 is 1. The minimum absolute atomic E-state index is 0.101. The largest absolute Gasteiger partial charge is 0.493 e. The number of ether oxygens (including phenoxy) is 3. The first-order chi connectivity index (χ1) is 14.2. The van der Waals surface area contributed by atoms with Crippen LogP contribution in [-0.4, -0.2) is 51.8 Å². The van der Waals surface area contributed by atoms with Gasteiger partial charge in [0.2, 0.25) is 17.7 Å². The van der Waals surface area contributed by atoms with E-state index in [9.17, 15) is 4.79 Å². The molecule has 1 N–H and O–H groups in total. The van der Waals surface area contributed by atoms with Crippen molar-refractivity contribution in [1.82, 2.24) is 14.9 Å². The van der Waals surface area contributed by atoms with E-state index in [1.807, 2.05) is 12.1 Å². The third kappa shape index (κ3) is 4.31. The summed E-state index contributed by atoms with van der Waals surface area (Å²) in [5.74, 6) is 1.79. The van der Waals surface area contributed by atoms with Crippen LogP contribution in [0, 0.1) is 0 Å². The average Bonchev–Trinajstić information content (AvgIpc) is 3.37. The predicted octanol–water partition coefficient (Wildman–Crippen LogP) is 3.12. The van der Waals surface area contributed by atoms with Gasteiger partial charge in [0.15, 0.2) is 17.3 Å². The summed E-state index contributed by atoms with van der Waals surface area (Å²) in [5.41, 5.74) is 0.767. The average molecular weight is 418 g/mol. The quantitative estimate of drug-likeness (QED) is 0.540. The zero-order valence-electron chi connectivity index (χ0n) is 16.0. The Bertz CT molecular complexity index is 924. The van der Waals surface area contributed by atoms with E-state index in [-0.39, 0.29) is 18.5 Å². The van der Waals surface area contributed by atoms with Gasteiger partial charge in [0.25, 0.3) is 0 Å². The highest BCUT2D eigenvalue weighted by Crippen LogP contribution is 2.41. The highest BCUT2D eigenvalue weighted by molar-refractivity contribution is 7.99. The highest BCUT2D eigenvalue weighted by atomic mass is 32.2. The fourth-order valence-corrected chi connectivity index (χ4v) is 4.18. The van der Waals surface area contributed by atoms with E-state index in [4.69, 9.17) is 19.3 Å². The highest BCUT2D eigenvalue weighted by Gasteiger charge is 2.24. The predicted molar refractivity (Wildman–Crippen MR) is 106 cm³/mol. The number of carboxylic acid groups (broad SMARTS) is 1. The number of benzene rings is 1. The first kappa shape index (κ1) is 19.6. The molecule has 2 aromatic rings. The minimum Gasteiger partial charge on any atom is -0.493 e. The Morgan fingerprint density at radius 2 is 2.17 bits per heavy atom. The molecule has 1 aliphatic heterocycles. The van der Waals surface area contributed by atoms with Crippen molar-refractivity contribution in [2.24, 2.45) is 5.10 Å². The van der Waals surface area contributed by atoms with Crippen molar-refractivity contribution < 1.29 is 24.1 Å². The zero-order valence-corrected chi connectivity index (χ0v) is 16.9. The number of carbonyl (C=O) groups is 1. The van der Waals surface area contributed by atoms with E-state index in [0.717, 1.165) is 48.8 Å². The first-order valence-corrected chi connectivity index (χ1v) is 10.5. The van der Waals surface area contributed by atoms with Gasteiger partial charge in [0, 0.05) is 11.5 Å². The van der Waals surface area contributed by atoms with Crippen molar-refractivity contribution in [2.75, 3.05) is 19.7 Å². The third-order valence-corrected chi connectivity index (χ3v) is 5.84. The Morgan fingerprint density at radius 1 is 1.34 bits per heavy atom. The lowest BCUT2D eigenvalue weighted by Crippen LogP contribution is -2.11. The van der Waals surface area contributed by atoms with Gasteiger partial charge in [-0.15, -0.1) is 10.2 Å². The van der Waals surface area contributed by atoms with Crippen LogP contribution < -0.4 is 14.2 Å². The van der Waals surface area contributed by atoms with Crippen molar-refractivity contribution in [2.45, 2.75) is 43.2 Å². The van der Waals surface area contributed by atoms with Crippen LogP contribution in [0.5, 0.6) is 17.2 Å². The summed E-state index contributed by atoms with van der Waals surface area (Å²) >= 11 is 1.11. The van der Waals surface area contributed by atoms with Crippen molar-refractivity contribution in [1.29, 1.82) is 0 Å². The van der Waals surface area contributed by atoms with E-state index in [1.54, 1.807) is 18.0 Å². The Balaban J connectivity index is 1.65. The van der Waals surface area contributed by atoms with Gasteiger partial charge in [0.1, 0.15) is 0 Å². The molecule has 1 fully saturated rings. The number of thioether (sulfide) groups is 1. The number of aliphatic carboxylic acids is 1. The molecule has 0 radical (unpaired) electrons. The van der Waals surface area contributed by atoms with Crippen molar-refractivity contribution in [3.05, 3.63) is 23.5 Å². The van der Waals surface area contributed by atoms with Gasteiger partial charge in [-0.3, -0.25) is 4.79 Å². The fourth-order valence-electron chi connectivity index (χ4n) is 3.57. The first-order valence-electron chi connectivity index (χ1n) is 9.47. The smallest absolute Gasteiger partial charge is 0.313 e. The third-order valence-electron chi connectivity index (χ3n) is 4.93. The van der Waals surface area contributed by atoms with Crippen molar-refractivity contribution in [3.8, 4) is 17.2 Å². The Hall–Kier alpha value is -2.75. The number of rotatable bonds is 7. The van der Waals surface area contributed by atoms with E-state index >= 15 is 0 Å². The summed E-state index contributed by atoms with van der Waals surface area (Å²) in [6.07, 6.45) is 7.27. The molecule has 0 unspecified atom stereocenters. The second kappa shape index (κ2) is 8.73. The van der Waals surface area contributed by atoms with Crippen LogP contribution in [0.15, 0.2) is 22.4 Å². The molecule has 10 heteroatoms. The van der Waals surface area contributed by atoms with Crippen LogP contribution in [0.4, 0.5) is 0 Å². The number of carboxylic acids is 1. The van der Waals surface area contributed by atoms with Crippen LogP contribution in [0.25, 0.3) is 0 Å². The maximum absolute atomic E-state index is 11.0. The second-order valence-corrected chi connectivity index (χ2v) is 7.81. The number of fused-ring (bicyclic) bond motifs is 1. The molecule has 1 saturated carbocycles. The lowest BCUT2D eigenvalue weighted by atomic mass is 9.89. The van der Waals surface area contributed by atoms with Gasteiger partial charge in [-0.1, -0.05) is 31.0 Å². The Morgan fingerprint density at radius 3 is 2.93 bits per heavy atom. The monoisotopic (exact) mass is 418 g/mol. The topological polar surface area (TPSA) is 108 Å². The molecule has 0 bridgehead atoms. The SMILES string of the molecule is COc1cc(/C=N\n2c(SCC(=O)O)nnc2C2CCCCC2)cc2c1OCO2. The zero-order chi connectivity index (χ0) is 20.2. The maximum Gasteiger partial charge on any atom is 0.313 e. The van der Waals surface area contributed by atoms with E-state index < -0.39 is 5.97 Å². The Kier molecular flexibility index (Phi) is 5.89. The molecular formula is C19H22N4O5S. The van der Waals surface area contributed by atoms with Gasteiger partial charge in [-0.2, -0.15) is 9.78 Å². The molecular weight excluding hydrogens is 396 g/mol. The standard InChI is InChI=1S/C19H22N4O5S/c1-26-14-7-12(8-15-17(14)28-11-27-15)9-20-23-18(13-5-3-2-4-6-13)21-22-19(23)29-10-16(24)25/h7-9,13H,2-6,10-11H2,1H3,(H,24,25)/b20-9-. The van der Waals surface area contributed by atoms with Crippen LogP contribution in [0.2, 0.25) is 0 Å². The summed E-state index contributed by atoms with van der Waals surface area (Å²) in [5, 5.41) is 22.6. The molecule has 0 saturated heterocycles. The fraction of sp³-hybridized carbons (Fsp3) is 0.474. The number of hydrogen-bond acceptors (Lipinski definition) is 8. The summed E-state index contributed by atoms with van der Waals surface area (Å²) in [7, 11) is 1.57. The number of nitrogens with zero attached hydrogens (tertiary/aromatic N) is 4. The molecule has 0 amide bonds. The molecule has 9 nitrogen and oxygen atoms in total. The number of hydrogen-bond donors (Lipinski definition) is 1. The summed E-state index contributed by atoms with van der Waals surface area (Å²) in [6.45, 7) is 0.152. The van der Waals surface area contributed by atoms with Gasteiger partial charge < -0.3 is 19.3 Å². The molecule has 0 spiro atoms. The van der Waals surface area contributed by atoms with E-state index in [1.165, 1.54) is 6.42 Å². The molecule has 2 aliphatic rings. The van der Waals surface area contributed by atoms with Crippen LogP contribution in [0.1, 0.15) is 49.4 Å². The molecule has 29 heavy (non-hydrogen) atoms. The molecule has 154 valence electrons. The second-order valence-electron chi connectivity index (χ2n) is 6.87. The van der Waals surface area contributed by atoms with Crippen LogP contribution in [-0.2, 0) is 4.79 Å². The Labute approximate surface area is 172 Å². The molecule has 1 aromatic heterocycles. The minimum atomic E-state index is -0.909. The van der Waals surface area contributed by atoms with Crippen molar-refractivity contribution in [3.63, 3.8) is 0 Å². The van der Waals surface area contributed by atoms with Crippen LogP contribution >= 0.6 is 11.8 Å². The van der Waals surface area contributed by atoms with Gasteiger partial charge in [-0.05, 0) is 25.0 Å². The van der Waals surface area contributed by atoms with Gasteiger partial charge in [0.05, 0.1) is 19.1 Å². The lowest BCUT2D eigenvalue weighted by molar-refractivity contribution is -0.133. The maximum atomic E-state index is 11.0. The number of aromatic nitrogens is 3. The molecule has 0 atom stereocenters. The van der Waals surface area contributed by atoms with Crippen molar-refractivity contribution >= 4 is 23.9 Å². The summed E-state index contributed by atoms with van der Waals surface area (Å²) in [4.78, 5) is 11.0. The molecule has 2 heterocycles.